The van der Waals surface area contributed by atoms with E-state index >= 15 is 0 Å². The molecule has 0 aromatic heterocycles. The van der Waals surface area contributed by atoms with Gasteiger partial charge in [0.1, 0.15) is 0 Å². The Morgan fingerprint density at radius 3 is 2.75 bits per heavy atom. The molecule has 2 rings (SSSR count). The number of rotatable bonds is 5. The summed E-state index contributed by atoms with van der Waals surface area (Å²) in [6.45, 7) is 5.48. The standard InChI is InChI=1S/C14H22N2/c1-3-4-10-16(12-8-9-12)13-7-5-6-11(2)14(13)15/h5-7,12H,3-4,8-10,15H2,1-2H3. The third-order valence-electron chi connectivity index (χ3n) is 3.35. The molecular weight excluding hydrogens is 196 g/mol. The first-order valence-corrected chi connectivity index (χ1v) is 6.35. The average molecular weight is 218 g/mol. The molecule has 0 heterocycles. The third-order valence-corrected chi connectivity index (χ3v) is 3.35. The molecule has 1 aromatic rings. The van der Waals surface area contributed by atoms with Crippen molar-refractivity contribution >= 4 is 11.4 Å². The first-order valence-electron chi connectivity index (χ1n) is 6.35. The zero-order valence-corrected chi connectivity index (χ0v) is 10.4. The summed E-state index contributed by atoms with van der Waals surface area (Å²) >= 11 is 0. The molecule has 0 atom stereocenters. The largest absolute Gasteiger partial charge is 0.397 e. The normalized spacial score (nSPS) is 15.1. The number of hydrogen-bond donors (Lipinski definition) is 1. The van der Waals surface area contributed by atoms with Gasteiger partial charge in [-0.25, -0.2) is 0 Å². The van der Waals surface area contributed by atoms with Crippen LogP contribution in [0.5, 0.6) is 0 Å². The van der Waals surface area contributed by atoms with Crippen LogP contribution < -0.4 is 10.6 Å². The van der Waals surface area contributed by atoms with E-state index in [1.54, 1.807) is 0 Å². The summed E-state index contributed by atoms with van der Waals surface area (Å²) in [7, 11) is 0. The van der Waals surface area contributed by atoms with Crippen molar-refractivity contribution in [1.29, 1.82) is 0 Å². The van der Waals surface area contributed by atoms with Gasteiger partial charge in [0, 0.05) is 12.6 Å². The Balaban J connectivity index is 2.20. The molecule has 2 N–H and O–H groups in total. The van der Waals surface area contributed by atoms with Crippen LogP contribution in [0, 0.1) is 6.92 Å². The van der Waals surface area contributed by atoms with Gasteiger partial charge in [0.2, 0.25) is 0 Å². The van der Waals surface area contributed by atoms with Crippen LogP contribution in [-0.4, -0.2) is 12.6 Å². The number of aryl methyl sites for hydroxylation is 1. The van der Waals surface area contributed by atoms with Crippen LogP contribution >= 0.6 is 0 Å². The predicted octanol–water partition coefficient (Wildman–Crippen LogP) is 3.35. The highest BCUT2D eigenvalue weighted by molar-refractivity contribution is 5.71. The van der Waals surface area contributed by atoms with Crippen LogP contribution in [0.2, 0.25) is 0 Å². The smallest absolute Gasteiger partial charge is 0.0605 e. The minimum absolute atomic E-state index is 0.746. The highest BCUT2D eigenvalue weighted by atomic mass is 15.2. The summed E-state index contributed by atoms with van der Waals surface area (Å²) in [6.07, 6.45) is 5.16. The van der Waals surface area contributed by atoms with Gasteiger partial charge in [-0.2, -0.15) is 0 Å². The fourth-order valence-corrected chi connectivity index (χ4v) is 2.13. The summed E-state index contributed by atoms with van der Waals surface area (Å²) in [5.41, 5.74) is 9.58. The van der Waals surface area contributed by atoms with Gasteiger partial charge in [-0.1, -0.05) is 25.5 Å². The van der Waals surface area contributed by atoms with E-state index in [0.717, 1.165) is 18.3 Å². The molecule has 1 saturated carbocycles. The molecule has 2 nitrogen and oxygen atoms in total. The minimum atomic E-state index is 0.746. The van der Waals surface area contributed by atoms with E-state index in [2.05, 4.69) is 36.9 Å². The lowest BCUT2D eigenvalue weighted by Crippen LogP contribution is -2.27. The fraction of sp³-hybridized carbons (Fsp3) is 0.571. The Morgan fingerprint density at radius 2 is 2.12 bits per heavy atom. The number of nitrogen functional groups attached to an aromatic ring is 1. The van der Waals surface area contributed by atoms with Crippen LogP contribution in [0.3, 0.4) is 0 Å². The van der Waals surface area contributed by atoms with Gasteiger partial charge in [-0.3, -0.25) is 0 Å². The molecule has 0 unspecified atom stereocenters. The number of hydrogen-bond acceptors (Lipinski definition) is 2. The second kappa shape index (κ2) is 4.77. The average Bonchev–Trinajstić information content (AvgIpc) is 3.08. The van der Waals surface area contributed by atoms with Crippen molar-refractivity contribution in [3.05, 3.63) is 23.8 Å². The molecule has 0 spiro atoms. The molecule has 0 aliphatic heterocycles. The van der Waals surface area contributed by atoms with Crippen molar-refractivity contribution in [2.24, 2.45) is 0 Å². The molecule has 16 heavy (non-hydrogen) atoms. The first kappa shape index (κ1) is 11.3. The lowest BCUT2D eigenvalue weighted by molar-refractivity contribution is 0.713. The zero-order chi connectivity index (χ0) is 11.5. The monoisotopic (exact) mass is 218 g/mol. The molecule has 0 saturated heterocycles. The zero-order valence-electron chi connectivity index (χ0n) is 10.4. The van der Waals surface area contributed by atoms with Gasteiger partial charge in [-0.15, -0.1) is 0 Å². The third kappa shape index (κ3) is 2.31. The molecule has 0 amide bonds. The first-order chi connectivity index (χ1) is 7.74. The molecule has 88 valence electrons. The number of benzene rings is 1. The van der Waals surface area contributed by atoms with Crippen molar-refractivity contribution in [1.82, 2.24) is 0 Å². The van der Waals surface area contributed by atoms with Crippen LogP contribution in [0.4, 0.5) is 11.4 Å². The van der Waals surface area contributed by atoms with E-state index in [9.17, 15) is 0 Å². The molecule has 0 bridgehead atoms. The summed E-state index contributed by atoms with van der Waals surface area (Å²) in [6, 6.07) is 7.11. The molecular formula is C14H22N2. The fourth-order valence-electron chi connectivity index (χ4n) is 2.13. The summed E-state index contributed by atoms with van der Waals surface area (Å²) in [4.78, 5) is 2.51. The van der Waals surface area contributed by atoms with Gasteiger partial charge in [0.15, 0.2) is 0 Å². The van der Waals surface area contributed by atoms with Gasteiger partial charge >= 0.3 is 0 Å². The number of anilines is 2. The van der Waals surface area contributed by atoms with Crippen LogP contribution in [0.25, 0.3) is 0 Å². The van der Waals surface area contributed by atoms with Crippen molar-refractivity contribution in [3.8, 4) is 0 Å². The number of unbranched alkanes of at least 4 members (excludes halogenated alkanes) is 1. The Morgan fingerprint density at radius 1 is 1.38 bits per heavy atom. The Bertz CT molecular complexity index is 356. The van der Waals surface area contributed by atoms with Crippen molar-refractivity contribution < 1.29 is 0 Å². The van der Waals surface area contributed by atoms with E-state index in [-0.39, 0.29) is 0 Å². The lowest BCUT2D eigenvalue weighted by Gasteiger charge is -2.26. The second-order valence-electron chi connectivity index (χ2n) is 4.79. The van der Waals surface area contributed by atoms with Gasteiger partial charge in [-0.05, 0) is 37.8 Å². The Kier molecular flexibility index (Phi) is 3.37. The Hall–Kier alpha value is -1.18. The van der Waals surface area contributed by atoms with Crippen molar-refractivity contribution in [3.63, 3.8) is 0 Å². The highest BCUT2D eigenvalue weighted by Gasteiger charge is 2.29. The number of para-hydroxylation sites is 1. The van der Waals surface area contributed by atoms with Gasteiger partial charge < -0.3 is 10.6 Å². The summed E-state index contributed by atoms with van der Waals surface area (Å²) in [5, 5.41) is 0. The van der Waals surface area contributed by atoms with Gasteiger partial charge in [0.25, 0.3) is 0 Å². The maximum absolute atomic E-state index is 6.18. The Labute approximate surface area is 98.4 Å². The van der Waals surface area contributed by atoms with Crippen LogP contribution in [0.1, 0.15) is 38.2 Å². The van der Waals surface area contributed by atoms with E-state index in [1.807, 2.05) is 0 Å². The van der Waals surface area contributed by atoms with Crippen LogP contribution in [-0.2, 0) is 0 Å². The molecule has 1 aromatic carbocycles. The van der Waals surface area contributed by atoms with Crippen molar-refractivity contribution in [2.75, 3.05) is 17.2 Å². The molecule has 1 aliphatic carbocycles. The maximum atomic E-state index is 6.18. The number of nitrogens with two attached hydrogens (primary N) is 1. The van der Waals surface area contributed by atoms with Crippen LogP contribution in [0.15, 0.2) is 18.2 Å². The molecule has 1 fully saturated rings. The topological polar surface area (TPSA) is 29.3 Å². The summed E-state index contributed by atoms with van der Waals surface area (Å²) < 4.78 is 0. The van der Waals surface area contributed by atoms with E-state index in [1.165, 1.54) is 36.9 Å². The quantitative estimate of drug-likeness (QED) is 0.768. The highest BCUT2D eigenvalue weighted by Crippen LogP contribution is 2.36. The maximum Gasteiger partial charge on any atom is 0.0605 e. The number of nitrogens with zero attached hydrogens (tertiary/aromatic N) is 1. The lowest BCUT2D eigenvalue weighted by atomic mass is 10.1. The SMILES string of the molecule is CCCCN(c1cccc(C)c1N)C1CC1. The second-order valence-corrected chi connectivity index (χ2v) is 4.79. The van der Waals surface area contributed by atoms with E-state index in [0.29, 0.717) is 0 Å². The predicted molar refractivity (Wildman–Crippen MR) is 70.9 cm³/mol. The van der Waals surface area contributed by atoms with Crippen molar-refractivity contribution in [2.45, 2.75) is 45.6 Å². The summed E-state index contributed by atoms with van der Waals surface area (Å²) in [5.74, 6) is 0. The molecule has 2 heteroatoms. The van der Waals surface area contributed by atoms with E-state index in [4.69, 9.17) is 5.73 Å². The van der Waals surface area contributed by atoms with E-state index < -0.39 is 0 Å². The molecule has 1 aliphatic rings. The minimum Gasteiger partial charge on any atom is -0.397 e. The molecule has 0 radical (unpaired) electrons. The van der Waals surface area contributed by atoms with Gasteiger partial charge in [0.05, 0.1) is 11.4 Å².